The van der Waals surface area contributed by atoms with E-state index in [1.165, 1.54) is 29.2 Å². The molecule has 0 radical (unpaired) electrons. The number of rotatable bonds is 2. The summed E-state index contributed by atoms with van der Waals surface area (Å²) in [7, 11) is 0. The van der Waals surface area contributed by atoms with Gasteiger partial charge in [0.15, 0.2) is 5.60 Å². The molecule has 0 saturated carbocycles. The summed E-state index contributed by atoms with van der Waals surface area (Å²) in [5.74, 6) is -1.39. The summed E-state index contributed by atoms with van der Waals surface area (Å²) < 4.78 is 35.2. The molecule has 2 amide bonds. The quantitative estimate of drug-likeness (QED) is 0.589. The second-order valence-corrected chi connectivity index (χ2v) is 8.67. The van der Waals surface area contributed by atoms with Gasteiger partial charge in [0.1, 0.15) is 29.9 Å². The Morgan fingerprint density at radius 1 is 1.09 bits per heavy atom. The molecule has 1 aromatic carbocycles. The van der Waals surface area contributed by atoms with Gasteiger partial charge in [0.05, 0.1) is 6.04 Å². The third-order valence-corrected chi connectivity index (χ3v) is 6.85. The topological polar surface area (TPSA) is 92.9 Å². The second-order valence-electron chi connectivity index (χ2n) is 8.67. The molecule has 2 atom stereocenters. The van der Waals surface area contributed by atoms with Crippen LogP contribution in [0.25, 0.3) is 5.78 Å². The minimum atomic E-state index is -1.02. The molecule has 3 fully saturated rings. The maximum Gasteiger partial charge on any atom is 0.272 e. The maximum absolute atomic E-state index is 13.8. The van der Waals surface area contributed by atoms with Crippen LogP contribution in [0.5, 0.6) is 0 Å². The number of carbonyl (C=O) groups is 2. The van der Waals surface area contributed by atoms with Gasteiger partial charge in [-0.2, -0.15) is 14.6 Å². The van der Waals surface area contributed by atoms with Gasteiger partial charge in [-0.05, 0) is 36.6 Å². The number of fused-ring (bicyclic) bond motifs is 2. The van der Waals surface area contributed by atoms with Crippen molar-refractivity contribution in [2.75, 3.05) is 13.1 Å². The Kier molecular flexibility index (Phi) is 4.44. The Balaban J connectivity index is 1.20. The number of carbonyl (C=O) groups excluding carboxylic acids is 2. The highest BCUT2D eigenvalue weighted by Crippen LogP contribution is 2.47. The lowest BCUT2D eigenvalue weighted by Crippen LogP contribution is -2.51. The third-order valence-electron chi connectivity index (χ3n) is 6.85. The lowest BCUT2D eigenvalue weighted by atomic mass is 9.89. The van der Waals surface area contributed by atoms with Crippen molar-refractivity contribution >= 4 is 17.6 Å². The van der Waals surface area contributed by atoms with Crippen LogP contribution in [0.3, 0.4) is 0 Å². The van der Waals surface area contributed by atoms with Gasteiger partial charge >= 0.3 is 0 Å². The van der Waals surface area contributed by atoms with Crippen molar-refractivity contribution in [3.05, 3.63) is 59.7 Å². The number of amides is 2. The molecule has 0 N–H and O–H groups in total. The van der Waals surface area contributed by atoms with Crippen LogP contribution >= 0.6 is 0 Å². The zero-order valence-electron chi connectivity index (χ0n) is 17.5. The number of likely N-dealkylation sites (tertiary alicyclic amines) is 1. The highest BCUT2D eigenvalue weighted by atomic mass is 19.1. The van der Waals surface area contributed by atoms with Gasteiger partial charge in [0.25, 0.3) is 17.6 Å². The molecule has 0 bridgehead atoms. The normalized spacial score (nSPS) is 24.1. The number of halogens is 2. The monoisotopic (exact) mass is 454 g/mol. The molecule has 6 rings (SSSR count). The maximum atomic E-state index is 13.8. The van der Waals surface area contributed by atoms with Crippen LogP contribution < -0.4 is 0 Å². The standard InChI is InChI=1S/C22H20F2N6O3/c23-14-9-13(10-15(24)11-14)16-1-2-18-29(16)20(32)22(33-18)4-7-28(8-5-22)19(31)17-3-6-25-21-26-12-27-30(17)21/h3,6,9-12,16,18H,1-2,4-5,7-8H2/t16-,18+/m0/s1. The second kappa shape index (κ2) is 7.27. The largest absolute Gasteiger partial charge is 0.342 e. The van der Waals surface area contributed by atoms with E-state index in [1.54, 1.807) is 15.9 Å². The Morgan fingerprint density at radius 3 is 2.61 bits per heavy atom. The van der Waals surface area contributed by atoms with Crippen molar-refractivity contribution < 1.29 is 23.1 Å². The average Bonchev–Trinajstić information content (AvgIpc) is 3.50. The Morgan fingerprint density at radius 2 is 1.85 bits per heavy atom. The van der Waals surface area contributed by atoms with Crippen molar-refractivity contribution in [1.29, 1.82) is 0 Å². The van der Waals surface area contributed by atoms with Crippen LogP contribution in [-0.2, 0) is 9.53 Å². The molecule has 33 heavy (non-hydrogen) atoms. The van der Waals surface area contributed by atoms with Crippen LogP contribution in [-0.4, -0.2) is 66.1 Å². The first-order valence-electron chi connectivity index (χ1n) is 10.9. The van der Waals surface area contributed by atoms with E-state index in [1.807, 2.05) is 0 Å². The highest BCUT2D eigenvalue weighted by molar-refractivity contribution is 5.93. The van der Waals surface area contributed by atoms with Crippen LogP contribution in [0.1, 0.15) is 47.8 Å². The molecule has 2 aromatic heterocycles. The fourth-order valence-electron chi connectivity index (χ4n) is 5.27. The number of hydrogen-bond donors (Lipinski definition) is 0. The molecular weight excluding hydrogens is 434 g/mol. The smallest absolute Gasteiger partial charge is 0.272 e. The fraction of sp³-hybridized carbons (Fsp3) is 0.409. The number of nitrogens with zero attached hydrogens (tertiary/aromatic N) is 6. The van der Waals surface area contributed by atoms with Crippen LogP contribution in [0, 0.1) is 11.6 Å². The Hall–Kier alpha value is -3.47. The summed E-state index contributed by atoms with van der Waals surface area (Å²) in [6.07, 6.45) is 4.29. The van der Waals surface area contributed by atoms with Crippen LogP contribution in [0.4, 0.5) is 8.78 Å². The SMILES string of the molecule is O=C(c1ccnc2ncnn12)N1CCC2(CC1)O[C@@H]1CC[C@@H](c3cc(F)cc(F)c3)N1C2=O. The van der Waals surface area contributed by atoms with E-state index in [0.29, 0.717) is 55.8 Å². The van der Waals surface area contributed by atoms with E-state index in [-0.39, 0.29) is 11.8 Å². The van der Waals surface area contributed by atoms with Crippen molar-refractivity contribution in [3.63, 3.8) is 0 Å². The molecule has 5 heterocycles. The van der Waals surface area contributed by atoms with Gasteiger partial charge in [-0.1, -0.05) is 0 Å². The molecular formula is C22H20F2N6O3. The Bertz CT molecular complexity index is 1250. The molecule has 0 aliphatic carbocycles. The van der Waals surface area contributed by atoms with Crippen molar-refractivity contribution in [2.24, 2.45) is 0 Å². The van der Waals surface area contributed by atoms with Gasteiger partial charge in [-0.3, -0.25) is 9.59 Å². The summed E-state index contributed by atoms with van der Waals surface area (Å²) >= 11 is 0. The predicted octanol–water partition coefficient (Wildman–Crippen LogP) is 2.10. The highest BCUT2D eigenvalue weighted by Gasteiger charge is 2.58. The van der Waals surface area contributed by atoms with Crippen LogP contribution in [0.2, 0.25) is 0 Å². The zero-order chi connectivity index (χ0) is 22.7. The molecule has 3 aromatic rings. The lowest BCUT2D eigenvalue weighted by Gasteiger charge is -2.37. The zero-order valence-corrected chi connectivity index (χ0v) is 17.5. The van der Waals surface area contributed by atoms with Gasteiger partial charge < -0.3 is 14.5 Å². The summed E-state index contributed by atoms with van der Waals surface area (Å²) in [5.41, 5.74) is -0.237. The molecule has 170 valence electrons. The first kappa shape index (κ1) is 20.2. The van der Waals surface area contributed by atoms with Crippen molar-refractivity contribution in [1.82, 2.24) is 29.4 Å². The first-order chi connectivity index (χ1) is 15.9. The van der Waals surface area contributed by atoms with E-state index in [9.17, 15) is 18.4 Å². The summed E-state index contributed by atoms with van der Waals surface area (Å²) in [4.78, 5) is 38.0. The number of hydrogen-bond acceptors (Lipinski definition) is 6. The van der Waals surface area contributed by atoms with Gasteiger partial charge in [0.2, 0.25) is 0 Å². The number of piperidine rings is 1. The Labute approximate surface area is 187 Å². The fourth-order valence-corrected chi connectivity index (χ4v) is 5.27. The predicted molar refractivity (Wildman–Crippen MR) is 109 cm³/mol. The lowest BCUT2D eigenvalue weighted by molar-refractivity contribution is -0.142. The molecule has 3 aliphatic rings. The van der Waals surface area contributed by atoms with Crippen molar-refractivity contribution in [2.45, 2.75) is 43.6 Å². The van der Waals surface area contributed by atoms with E-state index < -0.39 is 29.5 Å². The van der Waals surface area contributed by atoms with E-state index in [2.05, 4.69) is 15.1 Å². The molecule has 11 heteroatoms. The average molecular weight is 454 g/mol. The number of benzene rings is 1. The first-order valence-corrected chi connectivity index (χ1v) is 10.9. The van der Waals surface area contributed by atoms with E-state index in [0.717, 1.165) is 6.07 Å². The summed E-state index contributed by atoms with van der Waals surface area (Å²) in [6, 6.07) is 4.53. The van der Waals surface area contributed by atoms with Gasteiger partial charge in [0, 0.05) is 38.2 Å². The molecule has 3 saturated heterocycles. The molecule has 9 nitrogen and oxygen atoms in total. The molecule has 1 spiro atoms. The van der Waals surface area contributed by atoms with Gasteiger partial charge in [-0.15, -0.1) is 0 Å². The van der Waals surface area contributed by atoms with Gasteiger partial charge in [-0.25, -0.2) is 13.8 Å². The molecule has 0 unspecified atom stereocenters. The summed E-state index contributed by atoms with van der Waals surface area (Å²) in [6.45, 7) is 0.672. The van der Waals surface area contributed by atoms with E-state index >= 15 is 0 Å². The van der Waals surface area contributed by atoms with Crippen molar-refractivity contribution in [3.8, 4) is 0 Å². The van der Waals surface area contributed by atoms with Crippen LogP contribution in [0.15, 0.2) is 36.8 Å². The number of ether oxygens (including phenoxy) is 1. The summed E-state index contributed by atoms with van der Waals surface area (Å²) in [5, 5.41) is 4.06. The van der Waals surface area contributed by atoms with E-state index in [4.69, 9.17) is 4.74 Å². The molecule has 3 aliphatic heterocycles. The minimum Gasteiger partial charge on any atom is -0.342 e. The third kappa shape index (κ3) is 3.10. The minimum absolute atomic E-state index is 0.172. The number of aromatic nitrogens is 4.